The van der Waals surface area contributed by atoms with Crippen molar-refractivity contribution >= 4 is 16.9 Å². The molecule has 0 aliphatic carbocycles. The number of nitrogens with zero attached hydrogens (tertiary/aromatic N) is 1. The van der Waals surface area contributed by atoms with Gasteiger partial charge in [-0.25, -0.2) is 0 Å². The predicted octanol–water partition coefficient (Wildman–Crippen LogP) is 6.20. The van der Waals surface area contributed by atoms with Crippen LogP contribution in [0.25, 0.3) is 11.0 Å². The number of aryl methyl sites for hydroxylation is 2. The number of ether oxygens (including phenoxy) is 2. The van der Waals surface area contributed by atoms with Crippen molar-refractivity contribution < 1.29 is 18.7 Å². The number of methoxy groups -OCH3 is 1. The Balaban J connectivity index is 1.70. The predicted molar refractivity (Wildman–Crippen MR) is 143 cm³/mol. The van der Waals surface area contributed by atoms with Gasteiger partial charge >= 0.3 is 0 Å². The molecule has 0 fully saturated rings. The van der Waals surface area contributed by atoms with Crippen molar-refractivity contribution in [2.45, 2.75) is 40.3 Å². The van der Waals surface area contributed by atoms with Crippen LogP contribution in [-0.4, -0.2) is 24.5 Å². The van der Waals surface area contributed by atoms with E-state index >= 15 is 0 Å². The quantitative estimate of drug-likeness (QED) is 0.304. The fourth-order valence-electron chi connectivity index (χ4n) is 5.03. The van der Waals surface area contributed by atoms with Crippen molar-refractivity contribution in [3.05, 3.63) is 104 Å². The van der Waals surface area contributed by atoms with Crippen LogP contribution in [0.5, 0.6) is 11.5 Å². The van der Waals surface area contributed by atoms with Crippen LogP contribution in [0.1, 0.15) is 58.3 Å². The maximum Gasteiger partial charge on any atom is 0.291 e. The van der Waals surface area contributed by atoms with E-state index in [9.17, 15) is 9.59 Å². The highest BCUT2D eigenvalue weighted by Crippen LogP contribution is 2.42. The third-order valence-corrected chi connectivity index (χ3v) is 6.68. The minimum Gasteiger partial charge on any atom is -0.493 e. The summed E-state index contributed by atoms with van der Waals surface area (Å²) >= 11 is 0. The van der Waals surface area contributed by atoms with Crippen molar-refractivity contribution in [1.29, 1.82) is 0 Å². The molecule has 0 N–H and O–H groups in total. The smallest absolute Gasteiger partial charge is 0.291 e. The lowest BCUT2D eigenvalue weighted by molar-refractivity contribution is 0.0714. The van der Waals surface area contributed by atoms with Gasteiger partial charge in [0.25, 0.3) is 5.91 Å². The number of benzene rings is 3. The first kappa shape index (κ1) is 24.6. The molecule has 190 valence electrons. The fourth-order valence-corrected chi connectivity index (χ4v) is 5.03. The molecule has 0 spiro atoms. The second-order valence-corrected chi connectivity index (χ2v) is 10.1. The zero-order valence-electron chi connectivity index (χ0n) is 21.8. The summed E-state index contributed by atoms with van der Waals surface area (Å²) in [6.07, 6.45) is 0. The Morgan fingerprint density at radius 1 is 0.973 bits per heavy atom. The first-order valence-electron chi connectivity index (χ1n) is 12.5. The average Bonchev–Trinajstić information content (AvgIpc) is 3.14. The number of fused-ring (bicyclic) bond motifs is 2. The van der Waals surface area contributed by atoms with Crippen molar-refractivity contribution in [3.8, 4) is 11.5 Å². The van der Waals surface area contributed by atoms with Gasteiger partial charge in [0, 0.05) is 6.54 Å². The maximum absolute atomic E-state index is 14.0. The van der Waals surface area contributed by atoms with Gasteiger partial charge in [-0.1, -0.05) is 56.3 Å². The molecule has 1 atom stereocenters. The summed E-state index contributed by atoms with van der Waals surface area (Å²) in [7, 11) is 1.59. The molecule has 6 heteroatoms. The van der Waals surface area contributed by atoms with E-state index in [1.165, 1.54) is 0 Å². The Morgan fingerprint density at radius 2 is 1.73 bits per heavy atom. The lowest BCUT2D eigenvalue weighted by Crippen LogP contribution is -2.29. The van der Waals surface area contributed by atoms with Gasteiger partial charge in [0.05, 0.1) is 30.7 Å². The molecule has 37 heavy (non-hydrogen) atoms. The van der Waals surface area contributed by atoms with E-state index in [4.69, 9.17) is 13.9 Å². The van der Waals surface area contributed by atoms with Gasteiger partial charge in [0.2, 0.25) is 5.76 Å². The summed E-state index contributed by atoms with van der Waals surface area (Å²) in [5, 5.41) is 0.507. The lowest BCUT2D eigenvalue weighted by Gasteiger charge is -2.26. The number of amides is 1. The molecular weight excluding hydrogens is 466 g/mol. The molecule has 6 nitrogen and oxygen atoms in total. The number of hydrogen-bond acceptors (Lipinski definition) is 5. The van der Waals surface area contributed by atoms with E-state index < -0.39 is 6.04 Å². The van der Waals surface area contributed by atoms with Crippen LogP contribution in [0.4, 0.5) is 0 Å². The van der Waals surface area contributed by atoms with Gasteiger partial charge < -0.3 is 18.8 Å². The molecule has 2 heterocycles. The molecule has 1 amide bonds. The van der Waals surface area contributed by atoms with Gasteiger partial charge in [-0.3, -0.25) is 9.59 Å². The first-order chi connectivity index (χ1) is 17.8. The molecule has 3 aromatic carbocycles. The molecule has 0 radical (unpaired) electrons. The summed E-state index contributed by atoms with van der Waals surface area (Å²) in [6.45, 7) is 8.88. The van der Waals surface area contributed by atoms with E-state index in [-0.39, 0.29) is 17.1 Å². The summed E-state index contributed by atoms with van der Waals surface area (Å²) in [5.74, 6) is 1.32. The van der Waals surface area contributed by atoms with Gasteiger partial charge in [-0.2, -0.15) is 0 Å². The lowest BCUT2D eigenvalue weighted by atomic mass is 9.96. The highest BCUT2D eigenvalue weighted by molar-refractivity contribution is 5.99. The summed E-state index contributed by atoms with van der Waals surface area (Å²) < 4.78 is 17.8. The van der Waals surface area contributed by atoms with E-state index in [0.717, 1.165) is 22.3 Å². The van der Waals surface area contributed by atoms with Crippen LogP contribution in [0.3, 0.4) is 0 Å². The third-order valence-electron chi connectivity index (χ3n) is 6.68. The van der Waals surface area contributed by atoms with E-state index in [1.54, 1.807) is 12.0 Å². The van der Waals surface area contributed by atoms with Crippen LogP contribution >= 0.6 is 0 Å². The van der Waals surface area contributed by atoms with Crippen molar-refractivity contribution in [2.75, 3.05) is 13.7 Å². The van der Waals surface area contributed by atoms with Crippen LogP contribution in [0.2, 0.25) is 0 Å². The fraction of sp³-hybridized carbons (Fsp3) is 0.290. The molecule has 1 aromatic heterocycles. The van der Waals surface area contributed by atoms with Crippen LogP contribution in [0.15, 0.2) is 69.9 Å². The standard InChI is InChI=1S/C31H31NO5/c1-18(2)17-36-23-12-11-22(15-24(23)35-5)28-27-29(33)26-20(4)13-19(3)14-25(26)37-30(27)31(34)32(28)16-21-9-7-6-8-10-21/h6-15,18,28H,16-17H2,1-5H3. The topological polar surface area (TPSA) is 69.0 Å². The number of rotatable bonds is 7. The van der Waals surface area contributed by atoms with Crippen LogP contribution in [0, 0.1) is 19.8 Å². The Kier molecular flexibility index (Phi) is 6.50. The molecule has 5 rings (SSSR count). The van der Waals surface area contributed by atoms with Gasteiger partial charge in [-0.15, -0.1) is 0 Å². The van der Waals surface area contributed by atoms with E-state index in [0.29, 0.717) is 47.1 Å². The molecular formula is C31H31NO5. The van der Waals surface area contributed by atoms with E-state index in [2.05, 4.69) is 13.8 Å². The van der Waals surface area contributed by atoms with Crippen molar-refractivity contribution in [3.63, 3.8) is 0 Å². The van der Waals surface area contributed by atoms with Crippen LogP contribution < -0.4 is 14.9 Å². The van der Waals surface area contributed by atoms with Gasteiger partial charge in [0.1, 0.15) is 5.58 Å². The van der Waals surface area contributed by atoms with Gasteiger partial charge in [0.15, 0.2) is 16.9 Å². The Labute approximate surface area is 216 Å². The molecule has 1 aliphatic heterocycles. The van der Waals surface area contributed by atoms with Gasteiger partial charge in [-0.05, 0) is 60.2 Å². The highest BCUT2D eigenvalue weighted by atomic mass is 16.5. The molecule has 0 saturated heterocycles. The molecule has 4 aromatic rings. The Bertz CT molecular complexity index is 1540. The van der Waals surface area contributed by atoms with Crippen LogP contribution in [-0.2, 0) is 6.54 Å². The third kappa shape index (κ3) is 4.48. The average molecular weight is 498 g/mol. The number of hydrogen-bond donors (Lipinski definition) is 0. The summed E-state index contributed by atoms with van der Waals surface area (Å²) in [6, 6.07) is 18.5. The molecule has 1 aliphatic rings. The molecule has 0 saturated carbocycles. The Morgan fingerprint density at radius 3 is 2.43 bits per heavy atom. The molecule has 1 unspecified atom stereocenters. The largest absolute Gasteiger partial charge is 0.493 e. The highest BCUT2D eigenvalue weighted by Gasteiger charge is 2.43. The Hall–Kier alpha value is -4.06. The van der Waals surface area contributed by atoms with Crippen molar-refractivity contribution in [1.82, 2.24) is 4.90 Å². The minimum atomic E-state index is -0.628. The summed E-state index contributed by atoms with van der Waals surface area (Å²) in [5.41, 5.74) is 4.13. The zero-order valence-corrected chi connectivity index (χ0v) is 21.8. The minimum absolute atomic E-state index is 0.0996. The second-order valence-electron chi connectivity index (χ2n) is 10.1. The second kappa shape index (κ2) is 9.77. The first-order valence-corrected chi connectivity index (χ1v) is 12.5. The summed E-state index contributed by atoms with van der Waals surface area (Å²) in [4.78, 5) is 29.5. The van der Waals surface area contributed by atoms with E-state index in [1.807, 2.05) is 74.5 Å². The molecule has 0 bridgehead atoms. The number of carbonyl (C=O) groups excluding carboxylic acids is 1. The monoisotopic (exact) mass is 497 g/mol. The normalized spacial score (nSPS) is 14.9. The maximum atomic E-state index is 14.0. The zero-order chi connectivity index (χ0) is 26.3. The number of carbonyl (C=O) groups is 1. The SMILES string of the molecule is COc1cc(C2c3c(oc4cc(C)cc(C)c4c3=O)C(=O)N2Cc2ccccc2)ccc1OCC(C)C. The van der Waals surface area contributed by atoms with Crippen molar-refractivity contribution in [2.24, 2.45) is 5.92 Å².